The van der Waals surface area contributed by atoms with Crippen LogP contribution >= 0.6 is 11.6 Å². The maximum atomic E-state index is 12.3. The highest BCUT2D eigenvalue weighted by molar-refractivity contribution is 7.90. The summed E-state index contributed by atoms with van der Waals surface area (Å²) in [5.41, 5.74) is 0.0889. The zero-order chi connectivity index (χ0) is 15.6. The Kier molecular flexibility index (Phi) is 4.75. The first-order valence-corrected chi connectivity index (χ1v) is 8.41. The SMILES string of the molecule is CC1CCN(S(=O)(=O)Nc2cc(Cl)cc(C(=O)O)c2)CC1. The van der Waals surface area contributed by atoms with Gasteiger partial charge < -0.3 is 5.11 Å². The van der Waals surface area contributed by atoms with Crippen molar-refractivity contribution in [2.24, 2.45) is 5.92 Å². The zero-order valence-electron chi connectivity index (χ0n) is 11.5. The molecule has 21 heavy (non-hydrogen) atoms. The Bertz CT molecular complexity index is 640. The molecule has 0 aliphatic carbocycles. The van der Waals surface area contributed by atoms with Gasteiger partial charge in [-0.05, 0) is 37.0 Å². The molecule has 2 rings (SSSR count). The monoisotopic (exact) mass is 332 g/mol. The molecule has 8 heteroatoms. The van der Waals surface area contributed by atoms with Gasteiger partial charge in [0.15, 0.2) is 0 Å². The number of rotatable bonds is 4. The smallest absolute Gasteiger partial charge is 0.335 e. The summed E-state index contributed by atoms with van der Waals surface area (Å²) >= 11 is 5.82. The number of hydrogen-bond acceptors (Lipinski definition) is 3. The Hall–Kier alpha value is -1.31. The number of anilines is 1. The number of nitrogens with one attached hydrogen (secondary N) is 1. The molecule has 0 atom stereocenters. The fraction of sp³-hybridized carbons (Fsp3) is 0.462. The van der Waals surface area contributed by atoms with E-state index in [1.807, 2.05) is 0 Å². The van der Waals surface area contributed by atoms with Crippen LogP contribution in [0.25, 0.3) is 0 Å². The summed E-state index contributed by atoms with van der Waals surface area (Å²) in [5, 5.41) is 9.13. The first kappa shape index (κ1) is 16.1. The molecule has 0 amide bonds. The Labute approximate surface area is 128 Å². The molecule has 1 aliphatic heterocycles. The van der Waals surface area contributed by atoms with E-state index in [2.05, 4.69) is 11.6 Å². The number of hydrogen-bond donors (Lipinski definition) is 2. The predicted octanol–water partition coefficient (Wildman–Crippen LogP) is 2.43. The molecule has 116 valence electrons. The lowest BCUT2D eigenvalue weighted by Gasteiger charge is -2.29. The van der Waals surface area contributed by atoms with E-state index in [0.29, 0.717) is 19.0 Å². The van der Waals surface area contributed by atoms with Gasteiger partial charge in [-0.15, -0.1) is 0 Å². The highest BCUT2D eigenvalue weighted by Gasteiger charge is 2.26. The van der Waals surface area contributed by atoms with Gasteiger partial charge in [0.2, 0.25) is 0 Å². The van der Waals surface area contributed by atoms with Gasteiger partial charge >= 0.3 is 16.2 Å². The average Bonchev–Trinajstić information content (AvgIpc) is 2.37. The fourth-order valence-electron chi connectivity index (χ4n) is 2.21. The van der Waals surface area contributed by atoms with Crippen LogP contribution in [0.4, 0.5) is 5.69 Å². The van der Waals surface area contributed by atoms with Gasteiger partial charge in [-0.2, -0.15) is 12.7 Å². The molecule has 1 aliphatic rings. The number of benzene rings is 1. The molecule has 1 saturated heterocycles. The lowest BCUT2D eigenvalue weighted by Crippen LogP contribution is -2.41. The maximum absolute atomic E-state index is 12.3. The van der Waals surface area contributed by atoms with Gasteiger partial charge in [0.25, 0.3) is 0 Å². The van der Waals surface area contributed by atoms with Crippen molar-refractivity contribution in [1.82, 2.24) is 4.31 Å². The Balaban J connectivity index is 2.18. The normalized spacial score (nSPS) is 17.6. The van der Waals surface area contributed by atoms with Crippen molar-refractivity contribution in [3.05, 3.63) is 28.8 Å². The van der Waals surface area contributed by atoms with Crippen molar-refractivity contribution in [3.63, 3.8) is 0 Å². The van der Waals surface area contributed by atoms with Crippen molar-refractivity contribution < 1.29 is 18.3 Å². The third kappa shape index (κ3) is 4.09. The second-order valence-electron chi connectivity index (χ2n) is 5.22. The van der Waals surface area contributed by atoms with E-state index in [1.165, 1.54) is 22.5 Å². The van der Waals surface area contributed by atoms with E-state index in [0.717, 1.165) is 12.8 Å². The van der Waals surface area contributed by atoms with E-state index in [4.69, 9.17) is 16.7 Å². The van der Waals surface area contributed by atoms with Crippen molar-refractivity contribution in [2.75, 3.05) is 17.8 Å². The molecule has 0 unspecified atom stereocenters. The summed E-state index contributed by atoms with van der Waals surface area (Å²) in [7, 11) is -3.69. The van der Waals surface area contributed by atoms with Gasteiger partial charge in [0.05, 0.1) is 11.3 Å². The lowest BCUT2D eigenvalue weighted by atomic mass is 10.0. The van der Waals surface area contributed by atoms with Gasteiger partial charge in [-0.25, -0.2) is 4.79 Å². The van der Waals surface area contributed by atoms with Gasteiger partial charge in [-0.3, -0.25) is 4.72 Å². The molecule has 1 aromatic carbocycles. The maximum Gasteiger partial charge on any atom is 0.335 e. The van der Waals surface area contributed by atoms with Crippen LogP contribution in [0, 0.1) is 5.92 Å². The summed E-state index contributed by atoms with van der Waals surface area (Å²) in [6.07, 6.45) is 1.63. The largest absolute Gasteiger partial charge is 0.478 e. The third-order valence-corrected chi connectivity index (χ3v) is 5.23. The average molecular weight is 333 g/mol. The molecule has 1 heterocycles. The number of aromatic carboxylic acids is 1. The van der Waals surface area contributed by atoms with Crippen molar-refractivity contribution >= 4 is 33.5 Å². The van der Waals surface area contributed by atoms with Crippen molar-refractivity contribution in [1.29, 1.82) is 0 Å². The standard InChI is InChI=1S/C13H17ClN2O4S/c1-9-2-4-16(5-3-9)21(19,20)15-12-7-10(13(17)18)6-11(14)8-12/h6-9,15H,2-5H2,1H3,(H,17,18). The molecule has 2 N–H and O–H groups in total. The van der Waals surface area contributed by atoms with E-state index in [1.54, 1.807) is 0 Å². The van der Waals surface area contributed by atoms with Crippen LogP contribution in [-0.2, 0) is 10.2 Å². The third-order valence-electron chi connectivity index (χ3n) is 3.47. The van der Waals surface area contributed by atoms with Crippen LogP contribution in [0.5, 0.6) is 0 Å². The van der Waals surface area contributed by atoms with Crippen LogP contribution in [0.1, 0.15) is 30.1 Å². The molecular formula is C13H17ClN2O4S. The minimum absolute atomic E-state index is 0.0625. The molecule has 0 bridgehead atoms. The van der Waals surface area contributed by atoms with Crippen LogP contribution in [0.2, 0.25) is 5.02 Å². The zero-order valence-corrected chi connectivity index (χ0v) is 13.1. The molecule has 0 saturated carbocycles. The fourth-order valence-corrected chi connectivity index (χ4v) is 3.68. The van der Waals surface area contributed by atoms with Crippen LogP contribution in [-0.4, -0.2) is 36.9 Å². The number of carboxylic acids is 1. The highest BCUT2D eigenvalue weighted by Crippen LogP contribution is 2.23. The Morgan fingerprint density at radius 3 is 2.52 bits per heavy atom. The first-order valence-electron chi connectivity index (χ1n) is 6.60. The number of carbonyl (C=O) groups is 1. The van der Waals surface area contributed by atoms with E-state index in [-0.39, 0.29) is 16.3 Å². The van der Waals surface area contributed by atoms with Crippen molar-refractivity contribution in [3.8, 4) is 0 Å². The second kappa shape index (κ2) is 6.21. The van der Waals surface area contributed by atoms with Crippen LogP contribution in [0.3, 0.4) is 0 Å². The van der Waals surface area contributed by atoms with E-state index >= 15 is 0 Å². The quantitative estimate of drug-likeness (QED) is 0.886. The number of halogens is 1. The van der Waals surface area contributed by atoms with Gasteiger partial charge in [0.1, 0.15) is 0 Å². The Morgan fingerprint density at radius 1 is 1.33 bits per heavy atom. The minimum atomic E-state index is -3.69. The summed E-state index contributed by atoms with van der Waals surface area (Å²) in [6, 6.07) is 3.90. The first-order chi connectivity index (χ1) is 9.78. The van der Waals surface area contributed by atoms with Crippen LogP contribution in [0.15, 0.2) is 18.2 Å². The van der Waals surface area contributed by atoms with E-state index < -0.39 is 16.2 Å². The minimum Gasteiger partial charge on any atom is -0.478 e. The van der Waals surface area contributed by atoms with Crippen molar-refractivity contribution in [2.45, 2.75) is 19.8 Å². The summed E-state index contributed by atoms with van der Waals surface area (Å²) in [6.45, 7) is 3.01. The van der Waals surface area contributed by atoms with Gasteiger partial charge in [0, 0.05) is 18.1 Å². The number of nitrogens with zero attached hydrogens (tertiary/aromatic N) is 1. The molecule has 1 aromatic rings. The predicted molar refractivity (Wildman–Crippen MR) is 80.9 cm³/mol. The van der Waals surface area contributed by atoms with E-state index in [9.17, 15) is 13.2 Å². The highest BCUT2D eigenvalue weighted by atomic mass is 35.5. The molecule has 6 nitrogen and oxygen atoms in total. The number of piperidine rings is 1. The Morgan fingerprint density at radius 2 is 1.95 bits per heavy atom. The summed E-state index contributed by atoms with van der Waals surface area (Å²) in [4.78, 5) is 11.0. The van der Waals surface area contributed by atoms with Gasteiger partial charge in [-0.1, -0.05) is 18.5 Å². The molecule has 1 fully saturated rings. The second-order valence-corrected chi connectivity index (χ2v) is 7.33. The number of carboxylic acid groups (broad SMARTS) is 1. The summed E-state index contributed by atoms with van der Waals surface area (Å²) in [5.74, 6) is -0.647. The molecule has 0 aromatic heterocycles. The summed E-state index contributed by atoms with van der Waals surface area (Å²) < 4.78 is 28.3. The molecule has 0 radical (unpaired) electrons. The molecular weight excluding hydrogens is 316 g/mol. The molecule has 0 spiro atoms. The lowest BCUT2D eigenvalue weighted by molar-refractivity contribution is 0.0697. The topological polar surface area (TPSA) is 86.7 Å². The van der Waals surface area contributed by atoms with Crippen LogP contribution < -0.4 is 4.72 Å².